The molecule has 0 N–H and O–H groups in total. The minimum absolute atomic E-state index is 1.07. The Labute approximate surface area is 192 Å². The van der Waals surface area contributed by atoms with Gasteiger partial charge in [0.1, 0.15) is 0 Å². The number of fused-ring (bicyclic) bond motifs is 2. The van der Waals surface area contributed by atoms with Crippen molar-refractivity contribution >= 4 is 23.5 Å². The molecule has 2 aromatic carbocycles. The number of thioether (sulfide) groups is 2. The first-order valence-corrected chi connectivity index (χ1v) is 13.5. The van der Waals surface area contributed by atoms with Gasteiger partial charge in [-0.2, -0.15) is 0 Å². The number of rotatable bonds is 0. The standard InChI is InChI=1S/C26H38N2S2/c1-27-17-9-3-11-19-30-26-16-8-6-14-24(26)22-28(2)18-10-4-12-20-29-25-15-7-5-13-23(25)21-27/h5-8,13-16H,3-4,9-12,17-22H2,1-2H3. The van der Waals surface area contributed by atoms with E-state index >= 15 is 0 Å². The Balaban J connectivity index is 1.59. The molecule has 0 radical (unpaired) electrons. The molecule has 0 atom stereocenters. The molecule has 2 nitrogen and oxygen atoms in total. The van der Waals surface area contributed by atoms with Crippen molar-refractivity contribution in [1.82, 2.24) is 9.80 Å². The summed E-state index contributed by atoms with van der Waals surface area (Å²) in [6, 6.07) is 18.0. The molecule has 1 aliphatic heterocycles. The fourth-order valence-electron chi connectivity index (χ4n) is 3.98. The summed E-state index contributed by atoms with van der Waals surface area (Å²) in [7, 11) is 4.55. The zero-order valence-corrected chi connectivity index (χ0v) is 20.4. The van der Waals surface area contributed by atoms with Crippen molar-refractivity contribution in [3.63, 3.8) is 0 Å². The van der Waals surface area contributed by atoms with Gasteiger partial charge >= 0.3 is 0 Å². The Kier molecular flexibility index (Phi) is 10.6. The lowest BCUT2D eigenvalue weighted by Crippen LogP contribution is -2.20. The molecule has 164 valence electrons. The van der Waals surface area contributed by atoms with Gasteiger partial charge in [-0.1, -0.05) is 49.2 Å². The van der Waals surface area contributed by atoms with Crippen LogP contribution in [0.25, 0.3) is 0 Å². The van der Waals surface area contributed by atoms with Gasteiger partial charge in [0.2, 0.25) is 0 Å². The average molecular weight is 443 g/mol. The van der Waals surface area contributed by atoms with E-state index in [-0.39, 0.29) is 0 Å². The lowest BCUT2D eigenvalue weighted by Gasteiger charge is -2.20. The van der Waals surface area contributed by atoms with Crippen molar-refractivity contribution in [1.29, 1.82) is 0 Å². The maximum Gasteiger partial charge on any atom is 0.0241 e. The quantitative estimate of drug-likeness (QED) is 0.443. The minimum Gasteiger partial charge on any atom is -0.302 e. The Morgan fingerprint density at radius 2 is 1.00 bits per heavy atom. The SMILES string of the molecule is CN1CCCCCSc2ccccc2CN(C)CCCCCSc2ccccc2C1. The topological polar surface area (TPSA) is 6.48 Å². The van der Waals surface area contributed by atoms with Crippen LogP contribution in [0.1, 0.15) is 49.7 Å². The molecule has 4 heteroatoms. The van der Waals surface area contributed by atoms with E-state index in [1.54, 1.807) is 0 Å². The summed E-state index contributed by atoms with van der Waals surface area (Å²) in [5.41, 5.74) is 2.98. The maximum absolute atomic E-state index is 2.50. The van der Waals surface area contributed by atoms with Gasteiger partial charge in [0.15, 0.2) is 0 Å². The Hall–Kier alpha value is -0.940. The van der Waals surface area contributed by atoms with E-state index in [0.29, 0.717) is 0 Å². The highest BCUT2D eigenvalue weighted by molar-refractivity contribution is 7.99. The fraction of sp³-hybridized carbons (Fsp3) is 0.538. The fourth-order valence-corrected chi connectivity index (χ4v) is 6.10. The van der Waals surface area contributed by atoms with E-state index in [1.807, 2.05) is 23.5 Å². The third kappa shape index (κ3) is 8.30. The van der Waals surface area contributed by atoms with E-state index in [2.05, 4.69) is 72.4 Å². The molecule has 30 heavy (non-hydrogen) atoms. The lowest BCUT2D eigenvalue weighted by atomic mass is 10.2. The van der Waals surface area contributed by atoms with Crippen LogP contribution in [0.15, 0.2) is 58.3 Å². The Bertz CT molecular complexity index is 686. The third-order valence-electron chi connectivity index (χ3n) is 5.71. The molecule has 1 heterocycles. The third-order valence-corrected chi connectivity index (χ3v) is 8.11. The molecule has 1 aliphatic rings. The average Bonchev–Trinajstić information content (AvgIpc) is 2.74. The number of hydrogen-bond acceptors (Lipinski definition) is 4. The molecular weight excluding hydrogens is 404 g/mol. The summed E-state index contributed by atoms with van der Waals surface area (Å²) in [5, 5.41) is 0. The summed E-state index contributed by atoms with van der Waals surface area (Å²) in [6.07, 6.45) is 7.81. The van der Waals surface area contributed by atoms with Gasteiger partial charge in [0.25, 0.3) is 0 Å². The van der Waals surface area contributed by atoms with Crippen molar-refractivity contribution in [2.45, 2.75) is 61.4 Å². The predicted molar refractivity (Wildman–Crippen MR) is 135 cm³/mol. The lowest BCUT2D eigenvalue weighted by molar-refractivity contribution is 0.315. The summed E-state index contributed by atoms with van der Waals surface area (Å²) in [5.74, 6) is 2.45. The Morgan fingerprint density at radius 3 is 1.47 bits per heavy atom. The van der Waals surface area contributed by atoms with Crippen LogP contribution in [0, 0.1) is 0 Å². The van der Waals surface area contributed by atoms with Crippen LogP contribution >= 0.6 is 23.5 Å². The molecule has 0 saturated heterocycles. The van der Waals surface area contributed by atoms with Crippen LogP contribution < -0.4 is 0 Å². The van der Waals surface area contributed by atoms with Crippen LogP contribution in [0.4, 0.5) is 0 Å². The van der Waals surface area contributed by atoms with Crippen molar-refractivity contribution in [2.75, 3.05) is 38.7 Å². The van der Waals surface area contributed by atoms with Gasteiger partial charge in [-0.25, -0.2) is 0 Å². The van der Waals surface area contributed by atoms with Gasteiger partial charge in [-0.3, -0.25) is 0 Å². The molecule has 2 aromatic rings. The highest BCUT2D eigenvalue weighted by Gasteiger charge is 2.08. The first kappa shape index (κ1) is 23.7. The van der Waals surface area contributed by atoms with Crippen LogP contribution in [0.2, 0.25) is 0 Å². The number of nitrogens with zero attached hydrogens (tertiary/aromatic N) is 2. The molecule has 0 unspecified atom stereocenters. The second kappa shape index (κ2) is 13.5. The smallest absolute Gasteiger partial charge is 0.0241 e. The second-order valence-corrected chi connectivity index (χ2v) is 10.8. The van der Waals surface area contributed by atoms with Crippen molar-refractivity contribution in [3.05, 3.63) is 59.7 Å². The molecular formula is C26H38N2S2. The summed E-state index contributed by atoms with van der Waals surface area (Å²) in [4.78, 5) is 7.94. The van der Waals surface area contributed by atoms with Gasteiger partial charge in [-0.15, -0.1) is 23.5 Å². The van der Waals surface area contributed by atoms with E-state index in [1.165, 1.54) is 84.0 Å². The highest BCUT2D eigenvalue weighted by Crippen LogP contribution is 2.27. The number of hydrogen-bond donors (Lipinski definition) is 0. The Morgan fingerprint density at radius 1 is 0.567 bits per heavy atom. The summed E-state index contributed by atoms with van der Waals surface area (Å²) >= 11 is 4.09. The van der Waals surface area contributed by atoms with Gasteiger partial charge in [0, 0.05) is 22.9 Å². The molecule has 0 saturated carbocycles. The molecule has 0 bridgehead atoms. The maximum atomic E-state index is 2.50. The van der Waals surface area contributed by atoms with Gasteiger partial charge in [-0.05, 0) is 87.6 Å². The molecule has 0 fully saturated rings. The van der Waals surface area contributed by atoms with Crippen molar-refractivity contribution in [2.24, 2.45) is 0 Å². The largest absolute Gasteiger partial charge is 0.302 e. The normalized spacial score (nSPS) is 19.5. The highest BCUT2D eigenvalue weighted by atomic mass is 32.2. The van der Waals surface area contributed by atoms with Crippen LogP contribution in [-0.4, -0.2) is 48.5 Å². The predicted octanol–water partition coefficient (Wildman–Crippen LogP) is 6.79. The van der Waals surface area contributed by atoms with Crippen LogP contribution in [0.3, 0.4) is 0 Å². The van der Waals surface area contributed by atoms with E-state index in [0.717, 1.165) is 13.1 Å². The molecule has 0 amide bonds. The monoisotopic (exact) mass is 442 g/mol. The van der Waals surface area contributed by atoms with E-state index < -0.39 is 0 Å². The van der Waals surface area contributed by atoms with Gasteiger partial charge in [0.05, 0.1) is 0 Å². The molecule has 3 rings (SSSR count). The zero-order chi connectivity index (χ0) is 21.0. The number of benzene rings is 2. The van der Waals surface area contributed by atoms with Crippen LogP contribution in [-0.2, 0) is 13.1 Å². The first-order chi connectivity index (χ1) is 14.7. The van der Waals surface area contributed by atoms with E-state index in [4.69, 9.17) is 0 Å². The molecule has 0 spiro atoms. The summed E-state index contributed by atoms with van der Waals surface area (Å²) in [6.45, 7) is 4.50. The first-order valence-electron chi connectivity index (χ1n) is 11.5. The summed E-state index contributed by atoms with van der Waals surface area (Å²) < 4.78 is 0. The van der Waals surface area contributed by atoms with Crippen LogP contribution in [0.5, 0.6) is 0 Å². The van der Waals surface area contributed by atoms with Crippen molar-refractivity contribution < 1.29 is 0 Å². The zero-order valence-electron chi connectivity index (χ0n) is 18.8. The van der Waals surface area contributed by atoms with E-state index in [9.17, 15) is 0 Å². The molecule has 0 aliphatic carbocycles. The molecule has 0 aromatic heterocycles. The van der Waals surface area contributed by atoms with Crippen molar-refractivity contribution in [3.8, 4) is 0 Å². The second-order valence-electron chi connectivity index (χ2n) is 8.51. The minimum atomic E-state index is 1.07. The van der Waals surface area contributed by atoms with Gasteiger partial charge < -0.3 is 9.80 Å².